The Morgan fingerprint density at radius 3 is 1.73 bits per heavy atom. The molecule has 1 saturated carbocycles. The Bertz CT molecular complexity index is 133. The SMILES string of the molecule is CC=C(C)C.O=C1CCCC1. The summed E-state index contributed by atoms with van der Waals surface area (Å²) in [5.41, 5.74) is 1.38. The van der Waals surface area contributed by atoms with Crippen LogP contribution in [0.2, 0.25) is 0 Å². The van der Waals surface area contributed by atoms with Gasteiger partial charge >= 0.3 is 0 Å². The molecule has 1 fully saturated rings. The molecule has 1 aliphatic carbocycles. The van der Waals surface area contributed by atoms with E-state index in [1.165, 1.54) is 5.57 Å². The van der Waals surface area contributed by atoms with Crippen molar-refractivity contribution in [2.75, 3.05) is 0 Å². The Morgan fingerprint density at radius 2 is 1.64 bits per heavy atom. The summed E-state index contributed by atoms with van der Waals surface area (Å²) >= 11 is 0. The van der Waals surface area contributed by atoms with Gasteiger partial charge in [0, 0.05) is 12.8 Å². The van der Waals surface area contributed by atoms with Crippen molar-refractivity contribution in [2.24, 2.45) is 0 Å². The van der Waals surface area contributed by atoms with Crippen LogP contribution in [0.3, 0.4) is 0 Å². The Kier molecular flexibility index (Phi) is 5.81. The van der Waals surface area contributed by atoms with Crippen molar-refractivity contribution in [1.82, 2.24) is 0 Å². The lowest BCUT2D eigenvalue weighted by molar-refractivity contribution is -0.117. The first-order valence-electron chi connectivity index (χ1n) is 4.28. The molecule has 11 heavy (non-hydrogen) atoms. The molecule has 0 spiro atoms. The number of rotatable bonds is 0. The smallest absolute Gasteiger partial charge is 0.132 e. The van der Waals surface area contributed by atoms with Crippen LogP contribution in [0.5, 0.6) is 0 Å². The van der Waals surface area contributed by atoms with Gasteiger partial charge in [0.2, 0.25) is 0 Å². The van der Waals surface area contributed by atoms with E-state index in [4.69, 9.17) is 0 Å². The van der Waals surface area contributed by atoms with Crippen LogP contribution in [0.15, 0.2) is 11.6 Å². The second kappa shape index (κ2) is 6.14. The summed E-state index contributed by atoms with van der Waals surface area (Å²) in [5, 5.41) is 0. The van der Waals surface area contributed by atoms with Crippen LogP contribution < -0.4 is 0 Å². The molecule has 64 valence electrons. The average Bonchev–Trinajstić information content (AvgIpc) is 2.41. The molecule has 0 N–H and O–H groups in total. The van der Waals surface area contributed by atoms with E-state index in [0.29, 0.717) is 5.78 Å². The van der Waals surface area contributed by atoms with E-state index in [1.54, 1.807) is 0 Å². The van der Waals surface area contributed by atoms with E-state index < -0.39 is 0 Å². The van der Waals surface area contributed by atoms with Gasteiger partial charge in [-0.05, 0) is 33.6 Å². The van der Waals surface area contributed by atoms with Crippen molar-refractivity contribution < 1.29 is 4.79 Å². The van der Waals surface area contributed by atoms with Crippen LogP contribution in [-0.4, -0.2) is 5.78 Å². The summed E-state index contributed by atoms with van der Waals surface area (Å²) in [6.07, 6.45) is 6.05. The molecule has 0 unspecified atom stereocenters. The summed E-state index contributed by atoms with van der Waals surface area (Å²) in [5.74, 6) is 0.454. The molecule has 0 aromatic heterocycles. The van der Waals surface area contributed by atoms with Crippen LogP contribution in [0.25, 0.3) is 0 Å². The van der Waals surface area contributed by atoms with Crippen molar-refractivity contribution in [3.63, 3.8) is 0 Å². The highest BCUT2D eigenvalue weighted by Crippen LogP contribution is 2.11. The minimum Gasteiger partial charge on any atom is -0.300 e. The fraction of sp³-hybridized carbons (Fsp3) is 0.700. The minimum absolute atomic E-state index is 0.454. The van der Waals surface area contributed by atoms with Gasteiger partial charge in [0.05, 0.1) is 0 Å². The molecule has 0 heterocycles. The summed E-state index contributed by atoms with van der Waals surface area (Å²) in [7, 11) is 0. The van der Waals surface area contributed by atoms with Crippen LogP contribution in [0.4, 0.5) is 0 Å². The maximum absolute atomic E-state index is 10.2. The van der Waals surface area contributed by atoms with Gasteiger partial charge in [0.25, 0.3) is 0 Å². The molecule has 0 aliphatic heterocycles. The van der Waals surface area contributed by atoms with E-state index in [1.807, 2.05) is 6.92 Å². The van der Waals surface area contributed by atoms with Crippen LogP contribution in [0, 0.1) is 0 Å². The van der Waals surface area contributed by atoms with Gasteiger partial charge in [-0.3, -0.25) is 4.79 Å². The average molecular weight is 154 g/mol. The van der Waals surface area contributed by atoms with Crippen molar-refractivity contribution in [3.8, 4) is 0 Å². The molecule has 0 aromatic carbocycles. The number of carbonyl (C=O) groups is 1. The molecular formula is C10H18O. The molecule has 0 saturated heterocycles. The maximum atomic E-state index is 10.2. The van der Waals surface area contributed by atoms with Gasteiger partial charge in [0.1, 0.15) is 5.78 Å². The standard InChI is InChI=1S/C5H8O.C5H10/c6-5-3-1-2-4-5;1-4-5(2)3/h1-4H2;4H,1-3H3. The lowest BCUT2D eigenvalue weighted by Gasteiger charge is -1.74. The van der Waals surface area contributed by atoms with E-state index in [2.05, 4.69) is 19.9 Å². The summed E-state index contributed by atoms with van der Waals surface area (Å²) in [6, 6.07) is 0. The Labute approximate surface area is 69.5 Å². The fourth-order valence-corrected chi connectivity index (χ4v) is 0.769. The minimum atomic E-state index is 0.454. The molecule has 0 atom stereocenters. The van der Waals surface area contributed by atoms with Gasteiger partial charge in [-0.1, -0.05) is 11.6 Å². The highest BCUT2D eigenvalue weighted by Gasteiger charge is 2.07. The van der Waals surface area contributed by atoms with Crippen molar-refractivity contribution in [1.29, 1.82) is 0 Å². The summed E-state index contributed by atoms with van der Waals surface area (Å²) in [6.45, 7) is 6.20. The molecule has 1 nitrogen and oxygen atoms in total. The maximum Gasteiger partial charge on any atom is 0.132 e. The lowest BCUT2D eigenvalue weighted by Crippen LogP contribution is -1.81. The molecule has 0 aromatic rings. The first kappa shape index (κ1) is 10.4. The van der Waals surface area contributed by atoms with Gasteiger partial charge in [-0.15, -0.1) is 0 Å². The molecule has 0 amide bonds. The first-order chi connectivity index (χ1) is 5.16. The van der Waals surface area contributed by atoms with Gasteiger partial charge in [-0.25, -0.2) is 0 Å². The van der Waals surface area contributed by atoms with E-state index in [0.717, 1.165) is 25.7 Å². The van der Waals surface area contributed by atoms with Crippen molar-refractivity contribution in [2.45, 2.75) is 46.5 Å². The van der Waals surface area contributed by atoms with Gasteiger partial charge in [-0.2, -0.15) is 0 Å². The van der Waals surface area contributed by atoms with Crippen molar-refractivity contribution >= 4 is 5.78 Å². The van der Waals surface area contributed by atoms with Crippen molar-refractivity contribution in [3.05, 3.63) is 11.6 Å². The number of Topliss-reactive ketones (excluding diaryl/α,β-unsaturated/α-hetero) is 1. The number of hydrogen-bond donors (Lipinski definition) is 0. The zero-order chi connectivity index (χ0) is 8.69. The molecule has 0 bridgehead atoms. The van der Waals surface area contributed by atoms with Gasteiger partial charge in [0.15, 0.2) is 0 Å². The third kappa shape index (κ3) is 7.31. The fourth-order valence-electron chi connectivity index (χ4n) is 0.769. The second-order valence-electron chi connectivity index (χ2n) is 3.11. The highest BCUT2D eigenvalue weighted by molar-refractivity contribution is 5.79. The zero-order valence-electron chi connectivity index (χ0n) is 7.81. The molecule has 0 radical (unpaired) electrons. The topological polar surface area (TPSA) is 17.1 Å². The third-order valence-electron chi connectivity index (χ3n) is 1.74. The number of carbonyl (C=O) groups excluding carboxylic acids is 1. The normalized spacial score (nSPS) is 15.4. The predicted molar refractivity (Wildman–Crippen MR) is 48.6 cm³/mol. The Hall–Kier alpha value is -0.590. The third-order valence-corrected chi connectivity index (χ3v) is 1.74. The molecule has 1 rings (SSSR count). The van der Waals surface area contributed by atoms with E-state index in [9.17, 15) is 4.79 Å². The second-order valence-corrected chi connectivity index (χ2v) is 3.11. The number of ketones is 1. The summed E-state index contributed by atoms with van der Waals surface area (Å²) < 4.78 is 0. The molecule has 1 aliphatic rings. The number of allylic oxidation sites excluding steroid dienone is 2. The van der Waals surface area contributed by atoms with E-state index >= 15 is 0 Å². The molecular weight excluding hydrogens is 136 g/mol. The monoisotopic (exact) mass is 154 g/mol. The first-order valence-corrected chi connectivity index (χ1v) is 4.28. The predicted octanol–water partition coefficient (Wildman–Crippen LogP) is 3.10. The zero-order valence-corrected chi connectivity index (χ0v) is 7.81. The van der Waals surface area contributed by atoms with Crippen LogP contribution in [0.1, 0.15) is 46.5 Å². The van der Waals surface area contributed by atoms with Crippen LogP contribution in [-0.2, 0) is 4.79 Å². The quantitative estimate of drug-likeness (QED) is 0.490. The Balaban J connectivity index is 0.000000187. The summed E-state index contributed by atoms with van der Waals surface area (Å²) in [4.78, 5) is 10.2. The molecule has 1 heteroatoms. The Morgan fingerprint density at radius 1 is 1.27 bits per heavy atom. The van der Waals surface area contributed by atoms with Crippen LogP contribution >= 0.6 is 0 Å². The lowest BCUT2D eigenvalue weighted by atomic mass is 10.3. The van der Waals surface area contributed by atoms with E-state index in [-0.39, 0.29) is 0 Å². The number of hydrogen-bond acceptors (Lipinski definition) is 1. The largest absolute Gasteiger partial charge is 0.300 e. The van der Waals surface area contributed by atoms with Gasteiger partial charge < -0.3 is 0 Å². The highest BCUT2D eigenvalue weighted by atomic mass is 16.1.